The molecule has 1 aliphatic rings. The Hall–Kier alpha value is -2.45. The van der Waals surface area contributed by atoms with Crippen LogP contribution in [0.2, 0.25) is 5.02 Å². The highest BCUT2D eigenvalue weighted by Crippen LogP contribution is 2.34. The lowest BCUT2D eigenvalue weighted by atomic mass is 10.1. The summed E-state index contributed by atoms with van der Waals surface area (Å²) < 4.78 is 17.2. The minimum atomic E-state index is -0.412. The summed E-state index contributed by atoms with van der Waals surface area (Å²) in [4.78, 5) is 15.0. The van der Waals surface area contributed by atoms with Crippen molar-refractivity contribution in [1.29, 1.82) is 0 Å². The number of imidazole rings is 1. The van der Waals surface area contributed by atoms with Gasteiger partial charge in [-0.25, -0.2) is 19.3 Å². The van der Waals surface area contributed by atoms with Crippen molar-refractivity contribution in [3.05, 3.63) is 29.2 Å². The monoisotopic (exact) mass is 417 g/mol. The molecule has 2 aromatic heterocycles. The van der Waals surface area contributed by atoms with Crippen molar-refractivity contribution in [2.24, 2.45) is 0 Å². The lowest BCUT2D eigenvalue weighted by Crippen LogP contribution is -2.42. The summed E-state index contributed by atoms with van der Waals surface area (Å²) in [5, 5.41) is 3.70. The molecule has 3 heterocycles. The minimum absolute atomic E-state index is 0.0913. The number of nitrogen functional groups attached to an aromatic ring is 1. The van der Waals surface area contributed by atoms with Gasteiger partial charge in [0.1, 0.15) is 5.52 Å². The maximum absolute atomic E-state index is 15.1. The lowest BCUT2D eigenvalue weighted by Gasteiger charge is -2.33. The summed E-state index contributed by atoms with van der Waals surface area (Å²) in [6.45, 7) is 6.09. The van der Waals surface area contributed by atoms with Gasteiger partial charge in [0, 0.05) is 24.7 Å². The highest BCUT2D eigenvalue weighted by molar-refractivity contribution is 6.33. The molecule has 1 aliphatic heterocycles. The Morgan fingerprint density at radius 1 is 1.28 bits per heavy atom. The molecule has 3 aromatic rings. The van der Waals surface area contributed by atoms with E-state index in [2.05, 4.69) is 43.6 Å². The third-order valence-electron chi connectivity index (χ3n) is 5.45. The van der Waals surface area contributed by atoms with Crippen LogP contribution in [0.4, 0.5) is 16.3 Å². The Labute approximate surface area is 174 Å². The van der Waals surface area contributed by atoms with Gasteiger partial charge in [-0.15, -0.1) is 0 Å². The molecule has 0 unspecified atom stereocenters. The highest BCUT2D eigenvalue weighted by atomic mass is 35.5. The summed E-state index contributed by atoms with van der Waals surface area (Å²) in [5.74, 6) is 0.449. The average molecular weight is 418 g/mol. The quantitative estimate of drug-likeness (QED) is 0.674. The second-order valence-corrected chi connectivity index (χ2v) is 8.13. The maximum atomic E-state index is 15.1. The van der Waals surface area contributed by atoms with Crippen LogP contribution < -0.4 is 16.0 Å². The Morgan fingerprint density at radius 2 is 2.00 bits per heavy atom. The second-order valence-electron chi connectivity index (χ2n) is 7.72. The zero-order chi connectivity index (χ0) is 20.7. The first-order valence-corrected chi connectivity index (χ1v) is 10.2. The van der Waals surface area contributed by atoms with Crippen LogP contribution in [0.3, 0.4) is 0 Å². The number of nitrogens with two attached hydrogens (primary N) is 1. The number of piperidine rings is 1. The number of hydrogen-bond acceptors (Lipinski definition) is 6. The molecule has 154 valence electrons. The van der Waals surface area contributed by atoms with Gasteiger partial charge in [-0.3, -0.25) is 0 Å². The number of halogens is 2. The molecule has 0 atom stereocenters. The first kappa shape index (κ1) is 19.8. The molecule has 4 rings (SSSR count). The van der Waals surface area contributed by atoms with Crippen molar-refractivity contribution >= 4 is 34.5 Å². The molecule has 0 aliphatic carbocycles. The molecule has 0 spiro atoms. The molecular formula is C20H25ClFN7. The molecule has 0 amide bonds. The van der Waals surface area contributed by atoms with Gasteiger partial charge in [0.2, 0.25) is 11.9 Å². The zero-order valence-electron chi connectivity index (χ0n) is 16.8. The number of benzene rings is 1. The fourth-order valence-corrected chi connectivity index (χ4v) is 4.18. The van der Waals surface area contributed by atoms with Gasteiger partial charge >= 0.3 is 0 Å². The first-order valence-electron chi connectivity index (χ1n) is 9.80. The summed E-state index contributed by atoms with van der Waals surface area (Å²) in [6, 6.07) is 3.74. The van der Waals surface area contributed by atoms with Crippen LogP contribution in [-0.2, 0) is 0 Å². The van der Waals surface area contributed by atoms with Crippen molar-refractivity contribution in [3.63, 3.8) is 0 Å². The predicted molar refractivity (Wildman–Crippen MR) is 115 cm³/mol. The van der Waals surface area contributed by atoms with Crippen molar-refractivity contribution in [2.45, 2.75) is 38.8 Å². The maximum Gasteiger partial charge on any atom is 0.220 e. The summed E-state index contributed by atoms with van der Waals surface area (Å²) in [6.07, 6.45) is 3.49. The second kappa shape index (κ2) is 7.76. The summed E-state index contributed by atoms with van der Waals surface area (Å²) >= 11 is 6.25. The van der Waals surface area contributed by atoms with Crippen molar-refractivity contribution < 1.29 is 4.39 Å². The van der Waals surface area contributed by atoms with E-state index in [9.17, 15) is 0 Å². The van der Waals surface area contributed by atoms with Crippen molar-refractivity contribution in [1.82, 2.24) is 24.8 Å². The average Bonchev–Trinajstić information content (AvgIpc) is 3.10. The Kier molecular flexibility index (Phi) is 5.31. The SMILES string of the molecule is CC(C)n1c(N(C)C2CCNCC2)nc2c(F)cc(-c3nc(N)ncc3Cl)cc21. The molecule has 1 saturated heterocycles. The zero-order valence-corrected chi connectivity index (χ0v) is 17.5. The Balaban J connectivity index is 1.88. The first-order chi connectivity index (χ1) is 13.9. The van der Waals surface area contributed by atoms with Gasteiger partial charge in [0.15, 0.2) is 5.82 Å². The summed E-state index contributed by atoms with van der Waals surface area (Å²) in [5.41, 5.74) is 7.72. The van der Waals surface area contributed by atoms with E-state index in [-0.39, 0.29) is 12.0 Å². The predicted octanol–water partition coefficient (Wildman–Crippen LogP) is 3.64. The van der Waals surface area contributed by atoms with Crippen LogP contribution in [-0.4, -0.2) is 45.7 Å². The van der Waals surface area contributed by atoms with E-state index in [1.54, 1.807) is 0 Å². The van der Waals surface area contributed by atoms with Gasteiger partial charge in [0.05, 0.1) is 22.4 Å². The van der Waals surface area contributed by atoms with E-state index in [4.69, 9.17) is 17.3 Å². The molecule has 7 nitrogen and oxygen atoms in total. The van der Waals surface area contributed by atoms with Crippen LogP contribution in [0.5, 0.6) is 0 Å². The number of anilines is 2. The largest absolute Gasteiger partial charge is 0.368 e. The van der Waals surface area contributed by atoms with Crippen LogP contribution in [0.25, 0.3) is 22.3 Å². The van der Waals surface area contributed by atoms with Gasteiger partial charge in [-0.1, -0.05) is 11.6 Å². The molecule has 0 saturated carbocycles. The smallest absolute Gasteiger partial charge is 0.220 e. The van der Waals surface area contributed by atoms with Crippen LogP contribution in [0, 0.1) is 5.82 Å². The Morgan fingerprint density at radius 3 is 2.69 bits per heavy atom. The van der Waals surface area contributed by atoms with E-state index < -0.39 is 5.82 Å². The van der Waals surface area contributed by atoms with Gasteiger partial charge in [-0.05, 0) is 51.9 Å². The van der Waals surface area contributed by atoms with Gasteiger partial charge < -0.3 is 20.5 Å². The summed E-state index contributed by atoms with van der Waals surface area (Å²) in [7, 11) is 2.04. The molecule has 9 heteroatoms. The van der Waals surface area contributed by atoms with Gasteiger partial charge in [0.25, 0.3) is 0 Å². The fourth-order valence-electron chi connectivity index (χ4n) is 3.98. The molecule has 1 fully saturated rings. The molecular weight excluding hydrogens is 393 g/mol. The van der Waals surface area contributed by atoms with E-state index >= 15 is 4.39 Å². The van der Waals surface area contributed by atoms with E-state index in [1.807, 2.05) is 13.1 Å². The standard InChI is InChI=1S/C20H25ClFN7/c1-11(2)29-16-9-12(17-14(21)10-25-19(23)26-17)8-15(22)18(16)27-20(29)28(3)13-4-6-24-7-5-13/h8-11,13,24H,4-7H2,1-3H3,(H2,23,25,26). The lowest BCUT2D eigenvalue weighted by molar-refractivity contribution is 0.434. The van der Waals surface area contributed by atoms with E-state index in [0.29, 0.717) is 33.4 Å². The van der Waals surface area contributed by atoms with Crippen LogP contribution in [0.15, 0.2) is 18.3 Å². The molecule has 1 aromatic carbocycles. The molecule has 0 radical (unpaired) electrons. The van der Waals surface area contributed by atoms with Crippen molar-refractivity contribution in [3.8, 4) is 11.3 Å². The number of rotatable bonds is 4. The molecule has 29 heavy (non-hydrogen) atoms. The van der Waals surface area contributed by atoms with Crippen LogP contribution >= 0.6 is 11.6 Å². The highest BCUT2D eigenvalue weighted by Gasteiger charge is 2.26. The minimum Gasteiger partial charge on any atom is -0.368 e. The molecule has 3 N–H and O–H groups in total. The van der Waals surface area contributed by atoms with Gasteiger partial charge in [-0.2, -0.15) is 0 Å². The Bertz CT molecular complexity index is 1040. The number of aromatic nitrogens is 4. The number of nitrogens with one attached hydrogen (secondary N) is 1. The molecule has 0 bridgehead atoms. The number of nitrogens with zero attached hydrogens (tertiary/aromatic N) is 5. The van der Waals surface area contributed by atoms with E-state index in [1.165, 1.54) is 12.3 Å². The fraction of sp³-hybridized carbons (Fsp3) is 0.450. The number of fused-ring (bicyclic) bond motifs is 1. The topological polar surface area (TPSA) is 84.9 Å². The number of hydrogen-bond donors (Lipinski definition) is 2. The van der Waals surface area contributed by atoms with Crippen LogP contribution in [0.1, 0.15) is 32.7 Å². The third-order valence-corrected chi connectivity index (χ3v) is 5.73. The van der Waals surface area contributed by atoms with Crippen molar-refractivity contribution in [2.75, 3.05) is 30.8 Å². The van der Waals surface area contributed by atoms with E-state index in [0.717, 1.165) is 31.9 Å². The normalized spacial score (nSPS) is 15.4. The third kappa shape index (κ3) is 3.62.